The number of nitrogens with zero attached hydrogens (tertiary/aromatic N) is 1. The van der Waals surface area contributed by atoms with E-state index in [0.29, 0.717) is 11.6 Å². The Morgan fingerprint density at radius 2 is 2.12 bits per heavy atom. The lowest BCUT2D eigenvalue weighted by atomic mass is 10.1. The van der Waals surface area contributed by atoms with Gasteiger partial charge in [0.15, 0.2) is 0 Å². The molecule has 0 aliphatic heterocycles. The third-order valence-corrected chi connectivity index (χ3v) is 3.20. The Balaban J connectivity index is 2.18. The number of rotatable bonds is 6. The summed E-state index contributed by atoms with van der Waals surface area (Å²) in [4.78, 5) is 2.28. The van der Waals surface area contributed by atoms with E-state index >= 15 is 0 Å². The lowest BCUT2D eigenvalue weighted by Gasteiger charge is -2.25. The number of aliphatic hydroxyl groups excluding tert-OH is 1. The van der Waals surface area contributed by atoms with Gasteiger partial charge in [0.2, 0.25) is 0 Å². The number of hydrogen-bond acceptors (Lipinski definition) is 2. The third kappa shape index (κ3) is 3.19. The fourth-order valence-electron chi connectivity index (χ4n) is 2.13. The van der Waals surface area contributed by atoms with Crippen molar-refractivity contribution < 1.29 is 9.50 Å². The topological polar surface area (TPSA) is 23.5 Å². The predicted molar refractivity (Wildman–Crippen MR) is 67.6 cm³/mol. The lowest BCUT2D eigenvalue weighted by molar-refractivity contribution is 0.281. The molecule has 0 amide bonds. The standard InChI is InChI=1S/C14H20FNO/c1-2-3-6-16(13-4-5-13)14-8-11(10-17)7-12(15)9-14/h7-9,13,17H,2-6,10H2,1H3. The summed E-state index contributed by atoms with van der Waals surface area (Å²) in [7, 11) is 0. The van der Waals surface area contributed by atoms with Crippen molar-refractivity contribution in [1.29, 1.82) is 0 Å². The molecule has 0 atom stereocenters. The van der Waals surface area contributed by atoms with Crippen LogP contribution < -0.4 is 4.90 Å². The maximum atomic E-state index is 13.4. The fraction of sp³-hybridized carbons (Fsp3) is 0.571. The van der Waals surface area contributed by atoms with Crippen LogP contribution in [-0.2, 0) is 6.61 Å². The number of benzene rings is 1. The smallest absolute Gasteiger partial charge is 0.125 e. The van der Waals surface area contributed by atoms with Crippen LogP contribution in [0.5, 0.6) is 0 Å². The highest BCUT2D eigenvalue weighted by Gasteiger charge is 2.29. The van der Waals surface area contributed by atoms with E-state index in [9.17, 15) is 4.39 Å². The Kier molecular flexibility index (Phi) is 4.00. The first-order valence-electron chi connectivity index (χ1n) is 6.41. The normalized spacial score (nSPS) is 15.0. The molecule has 0 aromatic heterocycles. The summed E-state index contributed by atoms with van der Waals surface area (Å²) in [5, 5.41) is 9.11. The molecular weight excluding hydrogens is 217 g/mol. The predicted octanol–water partition coefficient (Wildman–Crippen LogP) is 3.09. The maximum absolute atomic E-state index is 13.4. The van der Waals surface area contributed by atoms with Crippen LogP contribution in [0.3, 0.4) is 0 Å². The fourth-order valence-corrected chi connectivity index (χ4v) is 2.13. The molecule has 94 valence electrons. The van der Waals surface area contributed by atoms with Crippen LogP contribution in [0.15, 0.2) is 18.2 Å². The molecule has 0 unspecified atom stereocenters. The van der Waals surface area contributed by atoms with E-state index < -0.39 is 0 Å². The highest BCUT2D eigenvalue weighted by atomic mass is 19.1. The van der Waals surface area contributed by atoms with Gasteiger partial charge in [0.25, 0.3) is 0 Å². The first kappa shape index (κ1) is 12.4. The zero-order chi connectivity index (χ0) is 12.3. The van der Waals surface area contributed by atoms with Crippen LogP contribution in [0, 0.1) is 5.82 Å². The van der Waals surface area contributed by atoms with Gasteiger partial charge in [0.05, 0.1) is 6.61 Å². The molecule has 17 heavy (non-hydrogen) atoms. The van der Waals surface area contributed by atoms with Crippen molar-refractivity contribution in [3.8, 4) is 0 Å². The van der Waals surface area contributed by atoms with Crippen LogP contribution in [0.4, 0.5) is 10.1 Å². The molecule has 0 heterocycles. The van der Waals surface area contributed by atoms with E-state index in [0.717, 1.165) is 25.1 Å². The second kappa shape index (κ2) is 5.50. The van der Waals surface area contributed by atoms with Gasteiger partial charge < -0.3 is 10.0 Å². The third-order valence-electron chi connectivity index (χ3n) is 3.20. The molecule has 0 bridgehead atoms. The number of anilines is 1. The molecule has 0 saturated heterocycles. The van der Waals surface area contributed by atoms with Crippen molar-refractivity contribution in [2.24, 2.45) is 0 Å². The summed E-state index contributed by atoms with van der Waals surface area (Å²) < 4.78 is 13.4. The Hall–Kier alpha value is -1.09. The van der Waals surface area contributed by atoms with Crippen molar-refractivity contribution in [2.45, 2.75) is 45.3 Å². The van der Waals surface area contributed by atoms with Gasteiger partial charge in [-0.05, 0) is 43.0 Å². The van der Waals surface area contributed by atoms with Crippen LogP contribution in [0.2, 0.25) is 0 Å². The van der Waals surface area contributed by atoms with Crippen molar-refractivity contribution in [1.82, 2.24) is 0 Å². The van der Waals surface area contributed by atoms with Crippen molar-refractivity contribution in [3.63, 3.8) is 0 Å². The summed E-state index contributed by atoms with van der Waals surface area (Å²) in [5.41, 5.74) is 1.58. The van der Waals surface area contributed by atoms with Crippen LogP contribution in [0.25, 0.3) is 0 Å². The van der Waals surface area contributed by atoms with Crippen molar-refractivity contribution in [2.75, 3.05) is 11.4 Å². The minimum atomic E-state index is -0.256. The van der Waals surface area contributed by atoms with Crippen LogP contribution >= 0.6 is 0 Å². The lowest BCUT2D eigenvalue weighted by Crippen LogP contribution is -2.27. The van der Waals surface area contributed by atoms with Gasteiger partial charge in [0.1, 0.15) is 5.82 Å². The van der Waals surface area contributed by atoms with E-state index in [1.165, 1.54) is 18.9 Å². The average molecular weight is 237 g/mol. The Morgan fingerprint density at radius 1 is 1.35 bits per heavy atom. The van der Waals surface area contributed by atoms with Gasteiger partial charge in [-0.2, -0.15) is 0 Å². The van der Waals surface area contributed by atoms with Gasteiger partial charge >= 0.3 is 0 Å². The largest absolute Gasteiger partial charge is 0.392 e. The second-order valence-corrected chi connectivity index (χ2v) is 4.75. The minimum absolute atomic E-state index is 0.100. The number of hydrogen-bond donors (Lipinski definition) is 1. The molecule has 1 aromatic rings. The van der Waals surface area contributed by atoms with Crippen LogP contribution in [-0.4, -0.2) is 17.7 Å². The Bertz CT molecular complexity index is 376. The second-order valence-electron chi connectivity index (χ2n) is 4.75. The first-order valence-corrected chi connectivity index (χ1v) is 6.41. The molecule has 1 N–H and O–H groups in total. The van der Waals surface area contributed by atoms with Gasteiger partial charge in [-0.1, -0.05) is 13.3 Å². The first-order chi connectivity index (χ1) is 8.24. The highest BCUT2D eigenvalue weighted by Crippen LogP contribution is 2.32. The molecule has 2 nitrogen and oxygen atoms in total. The average Bonchev–Trinajstić information content (AvgIpc) is 3.13. The summed E-state index contributed by atoms with van der Waals surface area (Å²) in [6.07, 6.45) is 4.68. The molecule has 1 aromatic carbocycles. The van der Waals surface area contributed by atoms with Gasteiger partial charge in [-0.3, -0.25) is 0 Å². The molecule has 2 rings (SSSR count). The van der Waals surface area contributed by atoms with Crippen molar-refractivity contribution >= 4 is 5.69 Å². The van der Waals surface area contributed by atoms with Gasteiger partial charge in [-0.15, -0.1) is 0 Å². The maximum Gasteiger partial charge on any atom is 0.125 e. The molecule has 1 fully saturated rings. The van der Waals surface area contributed by atoms with Crippen LogP contribution in [0.1, 0.15) is 38.2 Å². The SMILES string of the molecule is CCCCN(c1cc(F)cc(CO)c1)C1CC1. The number of unbranched alkanes of at least 4 members (excludes halogenated alkanes) is 1. The summed E-state index contributed by atoms with van der Waals surface area (Å²) in [5.74, 6) is -0.256. The van der Waals surface area contributed by atoms with E-state index in [4.69, 9.17) is 5.11 Å². The minimum Gasteiger partial charge on any atom is -0.392 e. The molecule has 1 aliphatic carbocycles. The van der Waals surface area contributed by atoms with E-state index in [1.807, 2.05) is 6.07 Å². The summed E-state index contributed by atoms with van der Waals surface area (Å²) >= 11 is 0. The summed E-state index contributed by atoms with van der Waals surface area (Å²) in [6.45, 7) is 3.04. The number of halogens is 1. The zero-order valence-corrected chi connectivity index (χ0v) is 10.3. The molecule has 1 saturated carbocycles. The van der Waals surface area contributed by atoms with E-state index in [-0.39, 0.29) is 12.4 Å². The quantitative estimate of drug-likeness (QED) is 0.822. The van der Waals surface area contributed by atoms with Gasteiger partial charge in [-0.25, -0.2) is 4.39 Å². The Morgan fingerprint density at radius 3 is 2.71 bits per heavy atom. The zero-order valence-electron chi connectivity index (χ0n) is 10.3. The molecule has 0 radical (unpaired) electrons. The molecular formula is C14H20FNO. The molecule has 3 heteroatoms. The van der Waals surface area contributed by atoms with Gasteiger partial charge in [0, 0.05) is 18.3 Å². The highest BCUT2D eigenvalue weighted by molar-refractivity contribution is 5.51. The monoisotopic (exact) mass is 237 g/mol. The Labute approximate surface area is 102 Å². The number of aliphatic hydroxyl groups is 1. The summed E-state index contributed by atoms with van der Waals surface area (Å²) in [6, 6.07) is 5.45. The molecule has 1 aliphatic rings. The van der Waals surface area contributed by atoms with E-state index in [1.54, 1.807) is 6.07 Å². The van der Waals surface area contributed by atoms with E-state index in [2.05, 4.69) is 11.8 Å². The van der Waals surface area contributed by atoms with Crippen molar-refractivity contribution in [3.05, 3.63) is 29.6 Å². The molecule has 0 spiro atoms.